The van der Waals surface area contributed by atoms with E-state index in [0.717, 1.165) is 27.3 Å². The standard InChI is InChI=1S/C31H37O8SSe/c1-23-20-41(21-28-27(39-40(32,33)34)19-37-31(38-28)26-15-9-4-10-16-26)22-29(35-17-24-11-5-2-6-12-24)30(23)36-18-25-13-7-3-8-14-25/h2-16,23,27-31H,17-22H2,1H3,(H,32,33,34)/t23-,27?,28-,29+,30+,31?/m1/s1. The van der Waals surface area contributed by atoms with Gasteiger partial charge in [0.25, 0.3) is 0 Å². The summed E-state index contributed by atoms with van der Waals surface area (Å²) in [7, 11) is -4.67. The number of hydrogen-bond donors (Lipinski definition) is 1. The van der Waals surface area contributed by atoms with Crippen LogP contribution in [-0.4, -0.2) is 57.9 Å². The van der Waals surface area contributed by atoms with E-state index < -0.39 is 42.8 Å². The van der Waals surface area contributed by atoms with Gasteiger partial charge in [0.2, 0.25) is 0 Å². The summed E-state index contributed by atoms with van der Waals surface area (Å²) in [6.07, 6.45) is -2.30. The van der Waals surface area contributed by atoms with Crippen LogP contribution < -0.4 is 0 Å². The van der Waals surface area contributed by atoms with E-state index >= 15 is 0 Å². The van der Waals surface area contributed by atoms with Gasteiger partial charge in [-0.3, -0.25) is 0 Å². The first-order valence-electron chi connectivity index (χ1n) is 13.8. The Morgan fingerprint density at radius 1 is 0.829 bits per heavy atom. The van der Waals surface area contributed by atoms with Crippen LogP contribution in [0.5, 0.6) is 0 Å². The van der Waals surface area contributed by atoms with Crippen molar-refractivity contribution in [1.29, 1.82) is 0 Å². The van der Waals surface area contributed by atoms with Crippen molar-refractivity contribution in [2.24, 2.45) is 5.92 Å². The Morgan fingerprint density at radius 2 is 1.41 bits per heavy atom. The normalized spacial score (nSPS) is 27.5. The summed E-state index contributed by atoms with van der Waals surface area (Å²) in [5.74, 6) is 0.240. The molecule has 2 fully saturated rings. The maximum absolute atomic E-state index is 11.6. The third kappa shape index (κ3) is 8.94. The van der Waals surface area contributed by atoms with Crippen LogP contribution in [0.25, 0.3) is 0 Å². The van der Waals surface area contributed by atoms with Gasteiger partial charge >= 0.3 is 247 Å². The van der Waals surface area contributed by atoms with Crippen LogP contribution in [-0.2, 0) is 46.7 Å². The van der Waals surface area contributed by atoms with Crippen molar-refractivity contribution < 1.29 is 36.1 Å². The summed E-state index contributed by atoms with van der Waals surface area (Å²) in [6, 6.07) is 29.8. The monoisotopic (exact) mass is 649 g/mol. The molecule has 2 saturated heterocycles. The Hall–Kier alpha value is -2.11. The van der Waals surface area contributed by atoms with Crippen LogP contribution in [0, 0.1) is 5.92 Å². The zero-order valence-corrected chi connectivity index (χ0v) is 25.5. The molecule has 0 aromatic heterocycles. The molecule has 10 heteroatoms. The van der Waals surface area contributed by atoms with Crippen molar-refractivity contribution in [1.82, 2.24) is 0 Å². The molecule has 5 rings (SSSR count). The van der Waals surface area contributed by atoms with Crippen LogP contribution in [0.1, 0.15) is 29.9 Å². The molecule has 1 radical (unpaired) electrons. The topological polar surface area (TPSA) is 101 Å². The van der Waals surface area contributed by atoms with Gasteiger partial charge in [0.1, 0.15) is 0 Å². The molecule has 2 heterocycles. The molecule has 6 atom stereocenters. The average Bonchev–Trinajstić information content (AvgIpc) is 2.97. The third-order valence-corrected chi connectivity index (χ3v) is 13.2. The summed E-state index contributed by atoms with van der Waals surface area (Å²) in [4.78, 5) is 0. The molecular weight excluding hydrogens is 611 g/mol. The van der Waals surface area contributed by atoms with Crippen LogP contribution >= 0.6 is 0 Å². The van der Waals surface area contributed by atoms with Crippen molar-refractivity contribution in [3.63, 3.8) is 0 Å². The van der Waals surface area contributed by atoms with Gasteiger partial charge in [-0.2, -0.15) is 0 Å². The second kappa shape index (κ2) is 14.4. The van der Waals surface area contributed by atoms with Crippen LogP contribution in [0.15, 0.2) is 91.0 Å². The third-order valence-electron chi connectivity index (χ3n) is 7.26. The van der Waals surface area contributed by atoms with Gasteiger partial charge in [0, 0.05) is 0 Å². The zero-order valence-electron chi connectivity index (χ0n) is 23.0. The Morgan fingerprint density at radius 3 is 2.02 bits per heavy atom. The Kier molecular flexibility index (Phi) is 10.6. The number of benzene rings is 3. The van der Waals surface area contributed by atoms with E-state index in [1.54, 1.807) is 0 Å². The first-order valence-corrected chi connectivity index (χ1v) is 18.8. The van der Waals surface area contributed by atoms with Crippen molar-refractivity contribution in [2.45, 2.75) is 66.8 Å². The molecule has 1 N–H and O–H groups in total. The van der Waals surface area contributed by atoms with Gasteiger partial charge in [0.05, 0.1) is 0 Å². The molecule has 2 unspecified atom stereocenters. The van der Waals surface area contributed by atoms with Crippen molar-refractivity contribution >= 4 is 24.3 Å². The molecule has 41 heavy (non-hydrogen) atoms. The fraction of sp³-hybridized carbons (Fsp3) is 0.419. The molecule has 2 aliphatic heterocycles. The molecular formula is C31H37O8SSe. The van der Waals surface area contributed by atoms with Gasteiger partial charge in [0.15, 0.2) is 0 Å². The second-order valence-electron chi connectivity index (χ2n) is 10.5. The molecule has 0 saturated carbocycles. The predicted octanol–water partition coefficient (Wildman–Crippen LogP) is 5.60. The Labute approximate surface area is 246 Å². The predicted molar refractivity (Wildman–Crippen MR) is 156 cm³/mol. The van der Waals surface area contributed by atoms with Gasteiger partial charge in [-0.25, -0.2) is 0 Å². The molecule has 0 aliphatic carbocycles. The molecule has 8 nitrogen and oxygen atoms in total. The van der Waals surface area contributed by atoms with Crippen molar-refractivity contribution in [2.75, 3.05) is 6.61 Å². The quantitative estimate of drug-likeness (QED) is 0.212. The molecule has 0 amide bonds. The summed E-state index contributed by atoms with van der Waals surface area (Å²) in [5, 5.41) is 2.46. The first-order chi connectivity index (χ1) is 19.8. The SMILES string of the molecule is C[C@@H]1C[Se](C[C@H]2OC(c3ccccc3)OCC2OS(=O)(=O)O)C[C@H](OCc2ccccc2)[C@H]1OCc1ccccc1. The maximum atomic E-state index is 11.6. The first kappa shape index (κ1) is 30.4. The van der Waals surface area contributed by atoms with Crippen LogP contribution in [0.4, 0.5) is 0 Å². The molecule has 0 spiro atoms. The summed E-state index contributed by atoms with van der Waals surface area (Å²) in [5.41, 5.74) is 3.06. The van der Waals surface area contributed by atoms with E-state index in [1.807, 2.05) is 66.7 Å². The summed E-state index contributed by atoms with van der Waals surface area (Å²) in [6.45, 7) is 3.20. The van der Waals surface area contributed by atoms with Crippen LogP contribution in [0.3, 0.4) is 0 Å². The van der Waals surface area contributed by atoms with E-state index in [9.17, 15) is 13.0 Å². The minimum atomic E-state index is -4.67. The summed E-state index contributed by atoms with van der Waals surface area (Å²) >= 11 is -1.38. The van der Waals surface area contributed by atoms with Crippen molar-refractivity contribution in [3.05, 3.63) is 108 Å². The van der Waals surface area contributed by atoms with Gasteiger partial charge in [-0.1, -0.05) is 0 Å². The van der Waals surface area contributed by atoms with Crippen LogP contribution in [0.2, 0.25) is 16.0 Å². The molecule has 2 aliphatic rings. The molecule has 3 aromatic rings. The molecule has 3 aromatic carbocycles. The molecule has 0 bridgehead atoms. The second-order valence-corrected chi connectivity index (χ2v) is 16.2. The van der Waals surface area contributed by atoms with E-state index in [0.29, 0.717) is 18.5 Å². The zero-order chi connectivity index (χ0) is 28.7. The van der Waals surface area contributed by atoms with E-state index in [1.165, 1.54) is 0 Å². The van der Waals surface area contributed by atoms with Gasteiger partial charge in [-0.05, 0) is 0 Å². The molecule has 221 valence electrons. The Balaban J connectivity index is 1.30. The number of hydrogen-bond acceptors (Lipinski definition) is 7. The van der Waals surface area contributed by atoms with Gasteiger partial charge in [-0.15, -0.1) is 0 Å². The summed E-state index contributed by atoms with van der Waals surface area (Å²) < 4.78 is 62.9. The minimum absolute atomic E-state index is 0.00476. The fourth-order valence-corrected chi connectivity index (χ4v) is 11.8. The van der Waals surface area contributed by atoms with Crippen molar-refractivity contribution in [3.8, 4) is 0 Å². The van der Waals surface area contributed by atoms with E-state index in [-0.39, 0.29) is 24.7 Å². The van der Waals surface area contributed by atoms with E-state index in [4.69, 9.17) is 23.1 Å². The fourth-order valence-electron chi connectivity index (χ4n) is 5.31. The number of ether oxygens (including phenoxy) is 4. The average molecular weight is 649 g/mol. The van der Waals surface area contributed by atoms with Gasteiger partial charge < -0.3 is 0 Å². The Bertz CT molecular complexity index is 1310. The number of rotatable bonds is 11. The van der Waals surface area contributed by atoms with E-state index in [2.05, 4.69) is 31.2 Å².